The van der Waals surface area contributed by atoms with Crippen molar-refractivity contribution >= 4 is 11.6 Å². The maximum Gasteiger partial charge on any atom is 0.181 e. The van der Waals surface area contributed by atoms with E-state index in [1.165, 1.54) is 0 Å². The quantitative estimate of drug-likeness (QED) is 0.793. The number of hydrogen-bond donors (Lipinski definition) is 0. The highest BCUT2D eigenvalue weighted by Gasteiger charge is 2.10. The van der Waals surface area contributed by atoms with Crippen LogP contribution in [0, 0.1) is 12.7 Å². The average Bonchev–Trinajstić information content (AvgIpc) is 2.42. The van der Waals surface area contributed by atoms with Crippen LogP contribution >= 0.6 is 11.6 Å². The van der Waals surface area contributed by atoms with Crippen LogP contribution in [-0.4, -0.2) is 16.6 Å². The molecule has 0 aliphatic rings. The van der Waals surface area contributed by atoms with Gasteiger partial charge in [-0.1, -0.05) is 18.5 Å². The van der Waals surface area contributed by atoms with Crippen molar-refractivity contribution in [3.05, 3.63) is 40.9 Å². The molecular weight excluding hydrogens is 267 g/mol. The third-order valence-electron chi connectivity index (χ3n) is 2.56. The standard InChI is InChI=1S/C14H14ClFN2O/c1-3-8-19-11-6-4-10(5-7-11)14-17-9(2)12(16)13(15)18-14/h4-7H,3,8H2,1-2H3. The minimum absolute atomic E-state index is 0.159. The first-order valence-electron chi connectivity index (χ1n) is 6.04. The largest absolute Gasteiger partial charge is 0.494 e. The molecule has 0 aliphatic heterocycles. The molecule has 3 nitrogen and oxygen atoms in total. The molecule has 0 unspecified atom stereocenters. The molecule has 0 radical (unpaired) electrons. The number of benzene rings is 1. The van der Waals surface area contributed by atoms with Gasteiger partial charge in [-0.05, 0) is 37.6 Å². The number of aromatic nitrogens is 2. The molecule has 0 fully saturated rings. The highest BCUT2D eigenvalue weighted by Crippen LogP contribution is 2.23. The number of nitrogens with zero attached hydrogens (tertiary/aromatic N) is 2. The summed E-state index contributed by atoms with van der Waals surface area (Å²) in [5.41, 5.74) is 1.01. The Morgan fingerprint density at radius 2 is 1.89 bits per heavy atom. The van der Waals surface area contributed by atoms with E-state index in [0.717, 1.165) is 17.7 Å². The van der Waals surface area contributed by atoms with E-state index in [9.17, 15) is 4.39 Å². The monoisotopic (exact) mass is 280 g/mol. The van der Waals surface area contributed by atoms with Gasteiger partial charge in [0.15, 0.2) is 16.8 Å². The number of halogens is 2. The highest BCUT2D eigenvalue weighted by atomic mass is 35.5. The van der Waals surface area contributed by atoms with Crippen LogP contribution in [0.5, 0.6) is 5.75 Å². The Hall–Kier alpha value is -1.68. The average molecular weight is 281 g/mol. The molecule has 2 rings (SSSR count). The Kier molecular flexibility index (Phi) is 4.32. The normalized spacial score (nSPS) is 10.5. The molecule has 0 saturated carbocycles. The molecule has 1 aromatic heterocycles. The van der Waals surface area contributed by atoms with Crippen molar-refractivity contribution in [1.29, 1.82) is 0 Å². The van der Waals surface area contributed by atoms with Gasteiger partial charge in [0.05, 0.1) is 12.3 Å². The predicted molar refractivity (Wildman–Crippen MR) is 73.0 cm³/mol. The second kappa shape index (κ2) is 5.97. The first-order valence-corrected chi connectivity index (χ1v) is 6.42. The summed E-state index contributed by atoms with van der Waals surface area (Å²) in [6, 6.07) is 7.32. The molecule has 0 amide bonds. The van der Waals surface area contributed by atoms with Gasteiger partial charge in [0.2, 0.25) is 0 Å². The van der Waals surface area contributed by atoms with E-state index in [1.54, 1.807) is 6.92 Å². The summed E-state index contributed by atoms with van der Waals surface area (Å²) in [5.74, 6) is 0.620. The van der Waals surface area contributed by atoms with Crippen molar-refractivity contribution in [2.45, 2.75) is 20.3 Å². The zero-order chi connectivity index (χ0) is 13.8. The third kappa shape index (κ3) is 3.20. The summed E-state index contributed by atoms with van der Waals surface area (Å²) in [6.45, 7) is 4.29. The van der Waals surface area contributed by atoms with Crippen LogP contribution < -0.4 is 4.74 Å². The number of ether oxygens (including phenoxy) is 1. The first-order chi connectivity index (χ1) is 9.11. The summed E-state index contributed by atoms with van der Waals surface area (Å²) in [7, 11) is 0. The van der Waals surface area contributed by atoms with Crippen LogP contribution in [0.3, 0.4) is 0 Å². The van der Waals surface area contributed by atoms with Crippen LogP contribution in [0.15, 0.2) is 24.3 Å². The minimum Gasteiger partial charge on any atom is -0.494 e. The van der Waals surface area contributed by atoms with Crippen LogP contribution in [-0.2, 0) is 0 Å². The zero-order valence-electron chi connectivity index (χ0n) is 10.8. The van der Waals surface area contributed by atoms with Crippen molar-refractivity contribution in [1.82, 2.24) is 9.97 Å². The molecule has 0 bridgehead atoms. The van der Waals surface area contributed by atoms with Crippen molar-refractivity contribution in [2.75, 3.05) is 6.61 Å². The van der Waals surface area contributed by atoms with Gasteiger partial charge in [-0.3, -0.25) is 0 Å². The van der Waals surface area contributed by atoms with Gasteiger partial charge in [-0.2, -0.15) is 0 Å². The van der Waals surface area contributed by atoms with E-state index in [2.05, 4.69) is 9.97 Å². The van der Waals surface area contributed by atoms with Gasteiger partial charge in [0, 0.05) is 5.56 Å². The molecule has 0 spiro atoms. The molecule has 0 saturated heterocycles. The molecule has 0 atom stereocenters. The van der Waals surface area contributed by atoms with Gasteiger partial charge in [0.1, 0.15) is 5.75 Å². The van der Waals surface area contributed by atoms with Crippen LogP contribution in [0.1, 0.15) is 19.0 Å². The lowest BCUT2D eigenvalue weighted by Crippen LogP contribution is -1.98. The molecule has 100 valence electrons. The SMILES string of the molecule is CCCOc1ccc(-c2nc(C)c(F)c(Cl)n2)cc1. The third-order valence-corrected chi connectivity index (χ3v) is 2.81. The summed E-state index contributed by atoms with van der Waals surface area (Å²) >= 11 is 5.72. The van der Waals surface area contributed by atoms with Gasteiger partial charge in [-0.25, -0.2) is 14.4 Å². The smallest absolute Gasteiger partial charge is 0.181 e. The van der Waals surface area contributed by atoms with E-state index in [-0.39, 0.29) is 10.8 Å². The Morgan fingerprint density at radius 3 is 2.47 bits per heavy atom. The second-order valence-electron chi connectivity index (χ2n) is 4.11. The fourth-order valence-electron chi connectivity index (χ4n) is 1.57. The Balaban J connectivity index is 2.27. The molecule has 19 heavy (non-hydrogen) atoms. The van der Waals surface area contributed by atoms with Crippen molar-refractivity contribution in [3.63, 3.8) is 0 Å². The van der Waals surface area contributed by atoms with Crippen molar-refractivity contribution in [3.8, 4) is 17.1 Å². The molecule has 1 aromatic carbocycles. The first kappa shape index (κ1) is 13.7. The van der Waals surface area contributed by atoms with E-state index in [0.29, 0.717) is 12.4 Å². The lowest BCUT2D eigenvalue weighted by molar-refractivity contribution is 0.317. The molecule has 5 heteroatoms. The summed E-state index contributed by atoms with van der Waals surface area (Å²) in [4.78, 5) is 8.02. The van der Waals surface area contributed by atoms with E-state index >= 15 is 0 Å². The molecule has 0 aliphatic carbocycles. The van der Waals surface area contributed by atoms with Crippen LogP contribution in [0.4, 0.5) is 4.39 Å². The Morgan fingerprint density at radius 1 is 1.21 bits per heavy atom. The maximum absolute atomic E-state index is 13.4. The summed E-state index contributed by atoms with van der Waals surface area (Å²) in [6.07, 6.45) is 0.956. The lowest BCUT2D eigenvalue weighted by Gasteiger charge is -2.06. The van der Waals surface area contributed by atoms with Crippen LogP contribution in [0.2, 0.25) is 5.15 Å². The lowest BCUT2D eigenvalue weighted by atomic mass is 10.2. The Labute approximate surface area is 116 Å². The fourth-order valence-corrected chi connectivity index (χ4v) is 1.79. The van der Waals surface area contributed by atoms with E-state index in [4.69, 9.17) is 16.3 Å². The van der Waals surface area contributed by atoms with E-state index in [1.807, 2.05) is 31.2 Å². The van der Waals surface area contributed by atoms with Crippen molar-refractivity contribution < 1.29 is 9.13 Å². The second-order valence-corrected chi connectivity index (χ2v) is 4.47. The maximum atomic E-state index is 13.4. The van der Waals surface area contributed by atoms with E-state index < -0.39 is 5.82 Å². The van der Waals surface area contributed by atoms with Gasteiger partial charge < -0.3 is 4.74 Å². The highest BCUT2D eigenvalue weighted by molar-refractivity contribution is 6.29. The number of hydrogen-bond acceptors (Lipinski definition) is 3. The fraction of sp³-hybridized carbons (Fsp3) is 0.286. The van der Waals surface area contributed by atoms with Crippen LogP contribution in [0.25, 0.3) is 11.4 Å². The number of rotatable bonds is 4. The summed E-state index contributed by atoms with van der Waals surface area (Å²) < 4.78 is 18.8. The molecule has 0 N–H and O–H groups in total. The predicted octanol–water partition coefficient (Wildman–Crippen LogP) is 4.03. The molecular formula is C14H14ClFN2O. The van der Waals surface area contributed by atoms with Crippen molar-refractivity contribution in [2.24, 2.45) is 0 Å². The summed E-state index contributed by atoms with van der Waals surface area (Å²) in [5, 5.41) is -0.159. The Bertz CT molecular complexity index is 549. The molecule has 2 aromatic rings. The minimum atomic E-state index is -0.576. The zero-order valence-corrected chi connectivity index (χ0v) is 11.5. The molecule has 1 heterocycles. The van der Waals surface area contributed by atoms with Gasteiger partial charge in [-0.15, -0.1) is 0 Å². The van der Waals surface area contributed by atoms with Gasteiger partial charge in [0.25, 0.3) is 0 Å². The van der Waals surface area contributed by atoms with Gasteiger partial charge >= 0.3 is 0 Å². The topological polar surface area (TPSA) is 35.0 Å². The number of aryl methyl sites for hydroxylation is 1.